The first kappa shape index (κ1) is 13.7. The highest BCUT2D eigenvalue weighted by Crippen LogP contribution is 2.22. The van der Waals surface area contributed by atoms with Gasteiger partial charge < -0.3 is 10.4 Å². The Labute approximate surface area is 113 Å². The zero-order valence-electron chi connectivity index (χ0n) is 11.6. The van der Waals surface area contributed by atoms with E-state index in [1.165, 1.54) is 0 Å². The van der Waals surface area contributed by atoms with Crippen molar-refractivity contribution < 1.29 is 5.11 Å². The number of hydrogen-bond acceptors (Lipinski definition) is 4. The number of nitrogens with one attached hydrogen (secondary N) is 1. The van der Waals surface area contributed by atoms with Crippen molar-refractivity contribution in [2.24, 2.45) is 5.92 Å². The normalized spacial score (nSPS) is 12.6. The molecule has 1 aromatic carbocycles. The highest BCUT2D eigenvalue weighted by Gasteiger charge is 2.09. The van der Waals surface area contributed by atoms with Crippen LogP contribution in [0.5, 0.6) is 0 Å². The van der Waals surface area contributed by atoms with Gasteiger partial charge in [0.1, 0.15) is 0 Å². The van der Waals surface area contributed by atoms with Crippen molar-refractivity contribution in [1.82, 2.24) is 10.2 Å². The van der Waals surface area contributed by atoms with E-state index in [-0.39, 0.29) is 6.61 Å². The largest absolute Gasteiger partial charge is 0.396 e. The Hall–Kier alpha value is -1.68. The number of aromatic nitrogens is 2. The van der Waals surface area contributed by atoms with Crippen LogP contribution in [-0.4, -0.2) is 28.5 Å². The molecule has 1 unspecified atom stereocenters. The molecule has 2 aromatic rings. The maximum Gasteiger partial charge on any atom is 0.156 e. The third-order valence-corrected chi connectivity index (χ3v) is 3.54. The lowest BCUT2D eigenvalue weighted by molar-refractivity contribution is 0.258. The summed E-state index contributed by atoms with van der Waals surface area (Å²) in [6.45, 7) is 5.17. The van der Waals surface area contributed by atoms with E-state index >= 15 is 0 Å². The molecular formula is C15H21N3O. The minimum Gasteiger partial charge on any atom is -0.396 e. The average Bonchev–Trinajstić information content (AvgIpc) is 2.45. The molecule has 19 heavy (non-hydrogen) atoms. The highest BCUT2D eigenvalue weighted by atomic mass is 16.3. The van der Waals surface area contributed by atoms with Crippen LogP contribution in [0.15, 0.2) is 24.3 Å². The Morgan fingerprint density at radius 2 is 1.95 bits per heavy atom. The van der Waals surface area contributed by atoms with Crippen LogP contribution in [0.4, 0.5) is 5.82 Å². The van der Waals surface area contributed by atoms with Crippen molar-refractivity contribution in [3.63, 3.8) is 0 Å². The van der Waals surface area contributed by atoms with Crippen molar-refractivity contribution in [3.05, 3.63) is 30.0 Å². The monoisotopic (exact) mass is 259 g/mol. The molecule has 0 bridgehead atoms. The fraction of sp³-hybridized carbons (Fsp3) is 0.467. The van der Waals surface area contributed by atoms with E-state index in [1.54, 1.807) is 0 Å². The first-order valence-corrected chi connectivity index (χ1v) is 6.83. The lowest BCUT2D eigenvalue weighted by Crippen LogP contribution is -2.16. The minimum atomic E-state index is 0.237. The molecule has 0 amide bonds. The van der Waals surface area contributed by atoms with Gasteiger partial charge in [0, 0.05) is 23.9 Å². The predicted molar refractivity (Wildman–Crippen MR) is 78.2 cm³/mol. The maximum absolute atomic E-state index is 9.02. The van der Waals surface area contributed by atoms with Gasteiger partial charge in [0.05, 0.1) is 5.69 Å². The summed E-state index contributed by atoms with van der Waals surface area (Å²) >= 11 is 0. The van der Waals surface area contributed by atoms with Crippen LogP contribution in [0.1, 0.15) is 25.5 Å². The molecule has 0 aliphatic rings. The van der Waals surface area contributed by atoms with Gasteiger partial charge in [-0.3, -0.25) is 0 Å². The van der Waals surface area contributed by atoms with E-state index in [2.05, 4.69) is 34.6 Å². The van der Waals surface area contributed by atoms with Crippen LogP contribution in [0.2, 0.25) is 0 Å². The van der Waals surface area contributed by atoms with Gasteiger partial charge >= 0.3 is 0 Å². The summed E-state index contributed by atoms with van der Waals surface area (Å²) in [7, 11) is 0. The lowest BCUT2D eigenvalue weighted by Gasteiger charge is -2.15. The van der Waals surface area contributed by atoms with E-state index in [4.69, 9.17) is 5.11 Å². The summed E-state index contributed by atoms with van der Waals surface area (Å²) in [4.78, 5) is 0. The summed E-state index contributed by atoms with van der Waals surface area (Å²) in [6, 6.07) is 8.16. The van der Waals surface area contributed by atoms with E-state index in [9.17, 15) is 0 Å². The molecule has 4 nitrogen and oxygen atoms in total. The molecule has 0 fully saturated rings. The molecule has 2 rings (SSSR count). The topological polar surface area (TPSA) is 58.0 Å². The van der Waals surface area contributed by atoms with Gasteiger partial charge in [0.15, 0.2) is 5.82 Å². The second-order valence-electron chi connectivity index (χ2n) is 4.85. The SMILES string of the molecule is CCC(CCO)CNc1nnc(C)c2ccccc12. The van der Waals surface area contributed by atoms with Gasteiger partial charge in [-0.25, -0.2) is 0 Å². The van der Waals surface area contributed by atoms with Gasteiger partial charge in [-0.1, -0.05) is 37.6 Å². The number of aryl methyl sites for hydroxylation is 1. The van der Waals surface area contributed by atoms with Crippen LogP contribution in [0.3, 0.4) is 0 Å². The number of benzene rings is 1. The smallest absolute Gasteiger partial charge is 0.156 e. The molecule has 0 saturated heterocycles. The third kappa shape index (κ3) is 3.20. The van der Waals surface area contributed by atoms with E-state index in [0.717, 1.165) is 41.7 Å². The summed E-state index contributed by atoms with van der Waals surface area (Å²) < 4.78 is 0. The van der Waals surface area contributed by atoms with Crippen molar-refractivity contribution in [2.75, 3.05) is 18.5 Å². The van der Waals surface area contributed by atoms with E-state index < -0.39 is 0 Å². The van der Waals surface area contributed by atoms with Gasteiger partial charge in [-0.2, -0.15) is 5.10 Å². The molecule has 102 valence electrons. The summed E-state index contributed by atoms with van der Waals surface area (Å²) in [5.74, 6) is 1.30. The summed E-state index contributed by atoms with van der Waals surface area (Å²) in [5, 5.41) is 23.1. The maximum atomic E-state index is 9.02. The number of anilines is 1. The molecule has 0 spiro atoms. The minimum absolute atomic E-state index is 0.237. The van der Waals surface area contributed by atoms with Crippen LogP contribution in [-0.2, 0) is 0 Å². The van der Waals surface area contributed by atoms with Crippen LogP contribution in [0.25, 0.3) is 10.8 Å². The molecule has 0 saturated carbocycles. The zero-order chi connectivity index (χ0) is 13.7. The molecule has 2 N–H and O–H groups in total. The number of hydrogen-bond donors (Lipinski definition) is 2. The van der Waals surface area contributed by atoms with Crippen LogP contribution < -0.4 is 5.32 Å². The Bertz CT molecular complexity index is 542. The van der Waals surface area contributed by atoms with Crippen LogP contribution >= 0.6 is 0 Å². The Balaban J connectivity index is 2.19. The molecule has 1 heterocycles. The average molecular weight is 259 g/mol. The fourth-order valence-electron chi connectivity index (χ4n) is 2.24. The quantitative estimate of drug-likeness (QED) is 0.837. The number of nitrogens with zero attached hydrogens (tertiary/aromatic N) is 2. The van der Waals surface area contributed by atoms with Crippen molar-refractivity contribution in [2.45, 2.75) is 26.7 Å². The number of rotatable bonds is 6. The lowest BCUT2D eigenvalue weighted by atomic mass is 10.0. The first-order chi connectivity index (χ1) is 9.26. The van der Waals surface area contributed by atoms with Gasteiger partial charge in [-0.15, -0.1) is 5.10 Å². The highest BCUT2D eigenvalue weighted by molar-refractivity contribution is 5.92. The molecular weight excluding hydrogens is 238 g/mol. The van der Waals surface area contributed by atoms with Gasteiger partial charge in [0.2, 0.25) is 0 Å². The Morgan fingerprint density at radius 1 is 1.21 bits per heavy atom. The van der Waals surface area contributed by atoms with E-state index in [1.807, 2.05) is 19.1 Å². The number of aliphatic hydroxyl groups is 1. The molecule has 0 radical (unpaired) electrons. The summed E-state index contributed by atoms with van der Waals surface area (Å²) in [5.41, 5.74) is 0.948. The third-order valence-electron chi connectivity index (χ3n) is 3.54. The number of fused-ring (bicyclic) bond motifs is 1. The molecule has 1 atom stereocenters. The molecule has 0 aliphatic heterocycles. The van der Waals surface area contributed by atoms with Crippen LogP contribution in [0, 0.1) is 12.8 Å². The summed E-state index contributed by atoms with van der Waals surface area (Å²) in [6.07, 6.45) is 1.87. The Kier molecular flexibility index (Phi) is 4.68. The van der Waals surface area contributed by atoms with Crippen molar-refractivity contribution in [3.8, 4) is 0 Å². The zero-order valence-corrected chi connectivity index (χ0v) is 11.6. The molecule has 0 aliphatic carbocycles. The first-order valence-electron chi connectivity index (χ1n) is 6.83. The number of aliphatic hydroxyl groups excluding tert-OH is 1. The fourth-order valence-corrected chi connectivity index (χ4v) is 2.24. The van der Waals surface area contributed by atoms with Crippen molar-refractivity contribution >= 4 is 16.6 Å². The molecule has 4 heteroatoms. The van der Waals surface area contributed by atoms with E-state index in [0.29, 0.717) is 5.92 Å². The second-order valence-corrected chi connectivity index (χ2v) is 4.85. The second kappa shape index (κ2) is 6.48. The Morgan fingerprint density at radius 3 is 2.63 bits per heavy atom. The predicted octanol–water partition coefficient (Wildman–Crippen LogP) is 2.76. The standard InChI is InChI=1S/C15H21N3O/c1-3-12(8-9-19)10-16-15-14-7-5-4-6-13(14)11(2)17-18-15/h4-7,12,19H,3,8-10H2,1-2H3,(H,16,18). The van der Waals surface area contributed by atoms with Gasteiger partial charge in [0.25, 0.3) is 0 Å². The van der Waals surface area contributed by atoms with Gasteiger partial charge in [-0.05, 0) is 19.3 Å². The molecule has 1 aromatic heterocycles. The van der Waals surface area contributed by atoms with Crippen molar-refractivity contribution in [1.29, 1.82) is 0 Å².